The summed E-state index contributed by atoms with van der Waals surface area (Å²) in [4.78, 5) is 26.7. The molecular formula is C22H33N3O4S. The molecule has 2 aliphatic rings. The molecule has 30 heavy (non-hydrogen) atoms. The molecule has 0 radical (unpaired) electrons. The van der Waals surface area contributed by atoms with Gasteiger partial charge in [0.1, 0.15) is 0 Å². The SMILES string of the molecule is CCCNC(=O)C1CCCN(C(=O)CCNS(=O)(=O)c2ccc3c(c2)CCCC3)C1. The number of hydrogen-bond donors (Lipinski definition) is 2. The van der Waals surface area contributed by atoms with Gasteiger partial charge in [-0.2, -0.15) is 0 Å². The van der Waals surface area contributed by atoms with Gasteiger partial charge < -0.3 is 10.2 Å². The molecule has 8 heteroatoms. The van der Waals surface area contributed by atoms with Crippen LogP contribution in [0.2, 0.25) is 0 Å². The van der Waals surface area contributed by atoms with Gasteiger partial charge >= 0.3 is 0 Å². The van der Waals surface area contributed by atoms with Gasteiger partial charge in [-0.1, -0.05) is 13.0 Å². The van der Waals surface area contributed by atoms with Gasteiger partial charge in [-0.15, -0.1) is 0 Å². The van der Waals surface area contributed by atoms with E-state index < -0.39 is 10.0 Å². The Morgan fingerprint density at radius 3 is 2.63 bits per heavy atom. The molecule has 1 aliphatic carbocycles. The molecule has 2 amide bonds. The number of aryl methyl sites for hydroxylation is 2. The summed E-state index contributed by atoms with van der Waals surface area (Å²) < 4.78 is 27.8. The zero-order valence-corrected chi connectivity index (χ0v) is 18.6. The van der Waals surface area contributed by atoms with Crippen molar-refractivity contribution in [1.82, 2.24) is 14.9 Å². The molecule has 7 nitrogen and oxygen atoms in total. The van der Waals surface area contributed by atoms with Crippen molar-refractivity contribution in [3.8, 4) is 0 Å². The van der Waals surface area contributed by atoms with E-state index >= 15 is 0 Å². The minimum Gasteiger partial charge on any atom is -0.356 e. The summed E-state index contributed by atoms with van der Waals surface area (Å²) in [5.41, 5.74) is 2.35. The average molecular weight is 436 g/mol. The average Bonchev–Trinajstić information content (AvgIpc) is 2.77. The summed E-state index contributed by atoms with van der Waals surface area (Å²) in [5, 5.41) is 2.90. The first-order chi connectivity index (χ1) is 14.4. The van der Waals surface area contributed by atoms with Crippen LogP contribution in [0, 0.1) is 5.92 Å². The summed E-state index contributed by atoms with van der Waals surface area (Å²) in [6.45, 7) is 3.73. The molecule has 2 N–H and O–H groups in total. The highest BCUT2D eigenvalue weighted by atomic mass is 32.2. The van der Waals surface area contributed by atoms with Gasteiger partial charge in [0.05, 0.1) is 10.8 Å². The molecule has 1 unspecified atom stereocenters. The summed E-state index contributed by atoms with van der Waals surface area (Å²) >= 11 is 0. The van der Waals surface area contributed by atoms with Crippen LogP contribution in [0.15, 0.2) is 23.1 Å². The van der Waals surface area contributed by atoms with Crippen LogP contribution in [-0.4, -0.2) is 51.3 Å². The van der Waals surface area contributed by atoms with E-state index in [1.54, 1.807) is 17.0 Å². The highest BCUT2D eigenvalue weighted by Gasteiger charge is 2.28. The molecule has 1 atom stereocenters. The van der Waals surface area contributed by atoms with Crippen LogP contribution in [0.25, 0.3) is 0 Å². The number of amides is 2. The molecule has 0 aromatic heterocycles. The number of rotatable bonds is 8. The lowest BCUT2D eigenvalue weighted by Crippen LogP contribution is -2.46. The first-order valence-electron chi connectivity index (χ1n) is 11.1. The molecule has 1 aromatic rings. The second-order valence-corrected chi connectivity index (χ2v) is 10.0. The van der Waals surface area contributed by atoms with Crippen molar-refractivity contribution in [3.63, 3.8) is 0 Å². The third kappa shape index (κ3) is 5.82. The highest BCUT2D eigenvalue weighted by Crippen LogP contribution is 2.24. The molecule has 0 saturated carbocycles. The first kappa shape index (κ1) is 22.7. The van der Waals surface area contributed by atoms with E-state index in [2.05, 4.69) is 10.0 Å². The molecule has 0 bridgehead atoms. The van der Waals surface area contributed by atoms with Gasteiger partial charge in [0.2, 0.25) is 21.8 Å². The van der Waals surface area contributed by atoms with Gasteiger partial charge in [0.15, 0.2) is 0 Å². The van der Waals surface area contributed by atoms with Crippen LogP contribution in [0.5, 0.6) is 0 Å². The Hall–Kier alpha value is -1.93. The standard InChI is InChI=1S/C22H33N3O4S/c1-2-12-23-22(27)19-8-5-14-25(16-19)21(26)11-13-24-30(28,29)20-10-9-17-6-3-4-7-18(17)15-20/h9-10,15,19,24H,2-8,11-14,16H2,1H3,(H,23,27). The second kappa shape index (κ2) is 10.4. The fourth-order valence-electron chi connectivity index (χ4n) is 4.22. The summed E-state index contributed by atoms with van der Waals surface area (Å²) in [6, 6.07) is 5.33. The molecule has 1 heterocycles. The van der Waals surface area contributed by atoms with Crippen molar-refractivity contribution < 1.29 is 18.0 Å². The number of sulfonamides is 1. The number of nitrogens with zero attached hydrogens (tertiary/aromatic N) is 1. The monoisotopic (exact) mass is 435 g/mol. The molecule has 1 aliphatic heterocycles. The normalized spacial score (nSPS) is 19.2. The fraction of sp³-hybridized carbons (Fsp3) is 0.636. The summed E-state index contributed by atoms with van der Waals surface area (Å²) in [7, 11) is -3.64. The number of carbonyl (C=O) groups excluding carboxylic acids is 2. The number of fused-ring (bicyclic) bond motifs is 1. The van der Waals surface area contributed by atoms with Crippen molar-refractivity contribution in [2.75, 3.05) is 26.2 Å². The van der Waals surface area contributed by atoms with Crippen molar-refractivity contribution in [2.45, 2.75) is 63.2 Å². The number of piperidine rings is 1. The number of carbonyl (C=O) groups is 2. The van der Waals surface area contributed by atoms with E-state index in [1.807, 2.05) is 13.0 Å². The summed E-state index contributed by atoms with van der Waals surface area (Å²) in [5.74, 6) is -0.292. The van der Waals surface area contributed by atoms with Crippen molar-refractivity contribution in [3.05, 3.63) is 29.3 Å². The third-order valence-electron chi connectivity index (χ3n) is 5.96. The Morgan fingerprint density at radius 1 is 1.10 bits per heavy atom. The predicted molar refractivity (Wildman–Crippen MR) is 115 cm³/mol. The molecule has 1 saturated heterocycles. The fourth-order valence-corrected chi connectivity index (χ4v) is 5.30. The van der Waals surface area contributed by atoms with Gasteiger partial charge in [-0.3, -0.25) is 9.59 Å². The van der Waals surface area contributed by atoms with Crippen molar-refractivity contribution in [2.24, 2.45) is 5.92 Å². The molecule has 1 fully saturated rings. The van der Waals surface area contributed by atoms with Crippen LogP contribution in [0.3, 0.4) is 0 Å². The number of nitrogens with one attached hydrogen (secondary N) is 2. The summed E-state index contributed by atoms with van der Waals surface area (Å²) in [6.07, 6.45) is 6.70. The Morgan fingerprint density at radius 2 is 1.87 bits per heavy atom. The Bertz CT molecular complexity index is 869. The van der Waals surface area contributed by atoms with E-state index in [0.29, 0.717) is 19.6 Å². The third-order valence-corrected chi connectivity index (χ3v) is 7.41. The number of hydrogen-bond acceptors (Lipinski definition) is 4. The van der Waals surface area contributed by atoms with Crippen LogP contribution in [0.1, 0.15) is 56.6 Å². The van der Waals surface area contributed by atoms with Crippen molar-refractivity contribution in [1.29, 1.82) is 0 Å². The zero-order chi connectivity index (χ0) is 21.6. The largest absolute Gasteiger partial charge is 0.356 e. The van der Waals surface area contributed by atoms with Crippen LogP contribution < -0.4 is 10.0 Å². The van der Waals surface area contributed by atoms with Crippen molar-refractivity contribution >= 4 is 21.8 Å². The highest BCUT2D eigenvalue weighted by molar-refractivity contribution is 7.89. The van der Waals surface area contributed by atoms with Gasteiger partial charge in [0.25, 0.3) is 0 Å². The van der Waals surface area contributed by atoms with E-state index in [4.69, 9.17) is 0 Å². The molecule has 3 rings (SSSR count). The van der Waals surface area contributed by atoms with E-state index in [-0.39, 0.29) is 35.6 Å². The predicted octanol–water partition coefficient (Wildman–Crippen LogP) is 2.00. The Labute approximate surface area is 179 Å². The van der Waals surface area contributed by atoms with E-state index in [9.17, 15) is 18.0 Å². The molecule has 0 spiro atoms. The maximum atomic E-state index is 12.6. The maximum Gasteiger partial charge on any atom is 0.240 e. The van der Waals surface area contributed by atoms with Crippen LogP contribution in [0.4, 0.5) is 0 Å². The lowest BCUT2D eigenvalue weighted by Gasteiger charge is -2.32. The minimum absolute atomic E-state index is 0.00228. The van der Waals surface area contributed by atoms with E-state index in [0.717, 1.165) is 50.5 Å². The topological polar surface area (TPSA) is 95.6 Å². The number of likely N-dealkylation sites (tertiary alicyclic amines) is 1. The molecule has 166 valence electrons. The lowest BCUT2D eigenvalue weighted by molar-refractivity contribution is -0.135. The van der Waals surface area contributed by atoms with Gasteiger partial charge in [-0.25, -0.2) is 13.1 Å². The smallest absolute Gasteiger partial charge is 0.240 e. The Kier molecular flexibility index (Phi) is 7.88. The lowest BCUT2D eigenvalue weighted by atomic mass is 9.92. The van der Waals surface area contributed by atoms with Gasteiger partial charge in [0, 0.05) is 32.6 Å². The second-order valence-electron chi connectivity index (χ2n) is 8.26. The Balaban J connectivity index is 1.50. The van der Waals surface area contributed by atoms with Crippen LogP contribution in [-0.2, 0) is 32.5 Å². The van der Waals surface area contributed by atoms with Gasteiger partial charge in [-0.05, 0) is 68.2 Å². The maximum absolute atomic E-state index is 12.6. The zero-order valence-electron chi connectivity index (χ0n) is 17.8. The number of benzene rings is 1. The first-order valence-corrected chi connectivity index (χ1v) is 12.6. The van der Waals surface area contributed by atoms with E-state index in [1.165, 1.54) is 5.56 Å². The quantitative estimate of drug-likeness (QED) is 0.653. The minimum atomic E-state index is -3.64. The van der Waals surface area contributed by atoms with Crippen LogP contribution >= 0.6 is 0 Å². The molecular weight excluding hydrogens is 402 g/mol. The molecule has 1 aromatic carbocycles.